The molecule has 0 bridgehead atoms. The van der Waals surface area contributed by atoms with Crippen LogP contribution in [0.25, 0.3) is 0 Å². The summed E-state index contributed by atoms with van der Waals surface area (Å²) in [5.74, 6) is 0. The van der Waals surface area contributed by atoms with E-state index in [0.29, 0.717) is 11.4 Å². The molecule has 0 amide bonds. The van der Waals surface area contributed by atoms with Crippen LogP contribution in [-0.2, 0) is 23.0 Å². The Morgan fingerprint density at radius 2 is 1.55 bits per heavy atom. The van der Waals surface area contributed by atoms with Gasteiger partial charge in [-0.15, -0.1) is 0 Å². The molecule has 1 unspecified atom stereocenters. The van der Waals surface area contributed by atoms with Crippen molar-refractivity contribution in [1.82, 2.24) is 4.31 Å². The van der Waals surface area contributed by atoms with Gasteiger partial charge in [-0.2, -0.15) is 4.31 Å². The third-order valence-corrected chi connectivity index (χ3v) is 5.78. The lowest BCUT2D eigenvalue weighted by molar-refractivity contribution is 0.309. The van der Waals surface area contributed by atoms with Gasteiger partial charge in [-0.1, -0.05) is 42.5 Å². The molecule has 1 heterocycles. The molecule has 0 N–H and O–H groups in total. The minimum atomic E-state index is -3.42. The van der Waals surface area contributed by atoms with Crippen LogP contribution < -0.4 is 0 Å². The average Bonchev–Trinajstić information content (AvgIpc) is 2.47. The van der Waals surface area contributed by atoms with Crippen molar-refractivity contribution >= 4 is 10.0 Å². The second-order valence-corrected chi connectivity index (χ2v) is 7.08. The Bertz CT molecular complexity index is 710. The van der Waals surface area contributed by atoms with E-state index in [2.05, 4.69) is 6.07 Å². The molecule has 2 aromatic rings. The van der Waals surface area contributed by atoms with E-state index in [1.807, 2.05) is 31.2 Å². The zero-order chi connectivity index (χ0) is 14.2. The van der Waals surface area contributed by atoms with E-state index in [1.165, 1.54) is 5.56 Å². The van der Waals surface area contributed by atoms with Gasteiger partial charge in [0.2, 0.25) is 10.0 Å². The Morgan fingerprint density at radius 3 is 2.25 bits per heavy atom. The molecule has 0 saturated carbocycles. The van der Waals surface area contributed by atoms with Gasteiger partial charge in [0.15, 0.2) is 0 Å². The molecule has 0 aliphatic carbocycles. The Morgan fingerprint density at radius 1 is 0.950 bits per heavy atom. The van der Waals surface area contributed by atoms with Crippen LogP contribution in [0.4, 0.5) is 0 Å². The summed E-state index contributed by atoms with van der Waals surface area (Å²) in [6.45, 7) is 2.42. The minimum Gasteiger partial charge on any atom is -0.207 e. The highest BCUT2D eigenvalue weighted by Crippen LogP contribution is 2.28. The summed E-state index contributed by atoms with van der Waals surface area (Å²) in [7, 11) is -3.42. The normalized spacial score (nSPS) is 19.6. The number of fused-ring (bicyclic) bond motifs is 1. The van der Waals surface area contributed by atoms with Crippen molar-refractivity contribution in [2.75, 3.05) is 0 Å². The summed E-state index contributed by atoms with van der Waals surface area (Å²) in [5.41, 5.74) is 2.35. The van der Waals surface area contributed by atoms with Crippen molar-refractivity contribution in [1.29, 1.82) is 0 Å². The quantitative estimate of drug-likeness (QED) is 0.851. The molecule has 4 heteroatoms. The first-order valence-electron chi connectivity index (χ1n) is 6.73. The molecule has 2 aromatic carbocycles. The lowest BCUT2D eigenvalue weighted by Crippen LogP contribution is -2.42. The highest BCUT2D eigenvalue weighted by molar-refractivity contribution is 7.89. The van der Waals surface area contributed by atoms with Crippen LogP contribution in [-0.4, -0.2) is 18.8 Å². The minimum absolute atomic E-state index is 0.0184. The van der Waals surface area contributed by atoms with Crippen molar-refractivity contribution in [3.8, 4) is 0 Å². The van der Waals surface area contributed by atoms with Gasteiger partial charge in [0.05, 0.1) is 4.90 Å². The Labute approximate surface area is 119 Å². The van der Waals surface area contributed by atoms with E-state index >= 15 is 0 Å². The fourth-order valence-corrected chi connectivity index (χ4v) is 4.33. The van der Waals surface area contributed by atoms with Gasteiger partial charge in [-0.3, -0.25) is 0 Å². The SMILES string of the molecule is CC1Cc2ccccc2CN1S(=O)(=O)c1ccccc1. The predicted octanol–water partition coefficient (Wildman–Crippen LogP) is 2.82. The zero-order valence-electron chi connectivity index (χ0n) is 11.4. The van der Waals surface area contributed by atoms with E-state index in [-0.39, 0.29) is 6.04 Å². The van der Waals surface area contributed by atoms with Crippen molar-refractivity contribution < 1.29 is 8.42 Å². The summed E-state index contributed by atoms with van der Waals surface area (Å²) in [6.07, 6.45) is 0.766. The van der Waals surface area contributed by atoms with Crippen LogP contribution in [0.5, 0.6) is 0 Å². The van der Waals surface area contributed by atoms with Crippen LogP contribution in [0.3, 0.4) is 0 Å². The zero-order valence-corrected chi connectivity index (χ0v) is 12.2. The molecule has 104 valence electrons. The maximum absolute atomic E-state index is 12.7. The summed E-state index contributed by atoms with van der Waals surface area (Å²) in [5, 5.41) is 0. The van der Waals surface area contributed by atoms with Crippen molar-refractivity contribution in [3.05, 3.63) is 65.7 Å². The topological polar surface area (TPSA) is 37.4 Å². The molecule has 1 aliphatic rings. The summed E-state index contributed by atoms with van der Waals surface area (Å²) in [4.78, 5) is 0.367. The molecule has 0 radical (unpaired) electrons. The van der Waals surface area contributed by atoms with Gasteiger partial charge < -0.3 is 0 Å². The number of rotatable bonds is 2. The summed E-state index contributed by atoms with van der Waals surface area (Å²) >= 11 is 0. The number of benzene rings is 2. The Balaban J connectivity index is 2.00. The average molecular weight is 287 g/mol. The maximum Gasteiger partial charge on any atom is 0.243 e. The second kappa shape index (κ2) is 5.04. The van der Waals surface area contributed by atoms with E-state index in [4.69, 9.17) is 0 Å². The lowest BCUT2D eigenvalue weighted by atomic mass is 9.97. The molecule has 0 saturated heterocycles. The second-order valence-electron chi connectivity index (χ2n) is 5.19. The van der Waals surface area contributed by atoms with Crippen LogP contribution >= 0.6 is 0 Å². The van der Waals surface area contributed by atoms with E-state index in [9.17, 15) is 8.42 Å². The lowest BCUT2D eigenvalue weighted by Gasteiger charge is -2.33. The molecule has 3 nitrogen and oxygen atoms in total. The first kappa shape index (κ1) is 13.3. The van der Waals surface area contributed by atoms with Gasteiger partial charge in [0, 0.05) is 12.6 Å². The summed E-state index contributed by atoms with van der Waals surface area (Å²) in [6, 6.07) is 16.7. The first-order valence-corrected chi connectivity index (χ1v) is 8.17. The van der Waals surface area contributed by atoms with Gasteiger partial charge in [0.1, 0.15) is 0 Å². The van der Waals surface area contributed by atoms with Gasteiger partial charge in [0.25, 0.3) is 0 Å². The van der Waals surface area contributed by atoms with Crippen molar-refractivity contribution in [3.63, 3.8) is 0 Å². The molecule has 0 fully saturated rings. The molecule has 1 atom stereocenters. The fourth-order valence-electron chi connectivity index (χ4n) is 2.70. The van der Waals surface area contributed by atoms with Crippen LogP contribution in [0.1, 0.15) is 18.1 Å². The monoisotopic (exact) mass is 287 g/mol. The van der Waals surface area contributed by atoms with E-state index in [0.717, 1.165) is 12.0 Å². The van der Waals surface area contributed by atoms with Gasteiger partial charge >= 0.3 is 0 Å². The largest absolute Gasteiger partial charge is 0.243 e. The van der Waals surface area contributed by atoms with Crippen LogP contribution in [0.2, 0.25) is 0 Å². The molecule has 20 heavy (non-hydrogen) atoms. The van der Waals surface area contributed by atoms with Crippen LogP contribution in [0.15, 0.2) is 59.5 Å². The predicted molar refractivity (Wildman–Crippen MR) is 78.8 cm³/mol. The molecular formula is C16H17NO2S. The number of hydrogen-bond acceptors (Lipinski definition) is 2. The van der Waals surface area contributed by atoms with Crippen LogP contribution in [0, 0.1) is 0 Å². The van der Waals surface area contributed by atoms with Crippen molar-refractivity contribution in [2.45, 2.75) is 30.8 Å². The molecule has 0 aromatic heterocycles. The highest BCUT2D eigenvalue weighted by atomic mass is 32.2. The first-order chi connectivity index (χ1) is 9.59. The highest BCUT2D eigenvalue weighted by Gasteiger charge is 2.32. The molecule has 1 aliphatic heterocycles. The third-order valence-electron chi connectivity index (χ3n) is 3.80. The fraction of sp³-hybridized carbons (Fsp3) is 0.250. The maximum atomic E-state index is 12.7. The van der Waals surface area contributed by atoms with E-state index < -0.39 is 10.0 Å². The summed E-state index contributed by atoms with van der Waals surface area (Å²) < 4.78 is 27.1. The smallest absolute Gasteiger partial charge is 0.207 e. The molecular weight excluding hydrogens is 270 g/mol. The molecule has 0 spiro atoms. The van der Waals surface area contributed by atoms with Gasteiger partial charge in [-0.25, -0.2) is 8.42 Å². The van der Waals surface area contributed by atoms with E-state index in [1.54, 1.807) is 28.6 Å². The van der Waals surface area contributed by atoms with Crippen molar-refractivity contribution in [2.24, 2.45) is 0 Å². The number of nitrogens with zero attached hydrogens (tertiary/aromatic N) is 1. The van der Waals surface area contributed by atoms with Gasteiger partial charge in [-0.05, 0) is 36.6 Å². The standard InChI is InChI=1S/C16H17NO2S/c1-13-11-14-7-5-6-8-15(14)12-17(13)20(18,19)16-9-3-2-4-10-16/h2-10,13H,11-12H2,1H3. The molecule has 3 rings (SSSR count). The number of sulfonamides is 1. The Hall–Kier alpha value is -1.65. The Kier molecular flexibility index (Phi) is 3.36. The third kappa shape index (κ3) is 2.25. The number of hydrogen-bond donors (Lipinski definition) is 0.